The first kappa shape index (κ1) is 23.1. The lowest BCUT2D eigenvalue weighted by Crippen LogP contribution is -2.62. The summed E-state index contributed by atoms with van der Waals surface area (Å²) >= 11 is 0. The lowest BCUT2D eigenvalue weighted by atomic mass is 9.98. The third-order valence-electron chi connectivity index (χ3n) is 7.68. The highest BCUT2D eigenvalue weighted by molar-refractivity contribution is 6.10. The van der Waals surface area contributed by atoms with Crippen LogP contribution in [0.5, 0.6) is 0 Å². The van der Waals surface area contributed by atoms with Crippen molar-refractivity contribution in [2.45, 2.75) is 50.7 Å². The molecule has 0 radical (unpaired) electrons. The fourth-order valence-corrected chi connectivity index (χ4v) is 5.79. The second kappa shape index (κ2) is 8.87. The van der Waals surface area contributed by atoms with Gasteiger partial charge in [0.15, 0.2) is 0 Å². The molecule has 35 heavy (non-hydrogen) atoms. The van der Waals surface area contributed by atoms with Crippen molar-refractivity contribution in [3.63, 3.8) is 0 Å². The molecule has 184 valence electrons. The van der Waals surface area contributed by atoms with Gasteiger partial charge in [-0.2, -0.15) is 0 Å². The van der Waals surface area contributed by atoms with E-state index < -0.39 is 5.66 Å². The first-order valence-electron chi connectivity index (χ1n) is 12.1. The minimum atomic E-state index is -0.755. The zero-order chi connectivity index (χ0) is 24.7. The van der Waals surface area contributed by atoms with Gasteiger partial charge in [-0.25, -0.2) is 4.79 Å². The summed E-state index contributed by atoms with van der Waals surface area (Å²) < 4.78 is 6.80. The number of anilines is 1. The van der Waals surface area contributed by atoms with E-state index in [1.54, 1.807) is 28.0 Å². The van der Waals surface area contributed by atoms with Crippen molar-refractivity contribution in [1.29, 1.82) is 0 Å². The molecule has 1 aromatic carbocycles. The van der Waals surface area contributed by atoms with Crippen LogP contribution in [0.1, 0.15) is 65.9 Å². The standard InChI is InChI=1S/C26H30N4O5/c1-26-13-9-23(32)30(26)20-7-4-3-6-19(20)24(33)29(26)17-12-22(31)27-15-10-18(11-16-27)28-14-5-8-21(28)25(34)35-2/h3-8,14,18H,9-13,15-17H2,1-2H3. The molecular formula is C26H30N4O5. The number of para-hydroxylation sites is 1. The average Bonchev–Trinajstić information content (AvgIpc) is 3.48. The second-order valence-electron chi connectivity index (χ2n) is 9.57. The highest BCUT2D eigenvalue weighted by atomic mass is 16.5. The molecule has 2 aromatic rings. The lowest BCUT2D eigenvalue weighted by molar-refractivity contribution is -0.132. The molecule has 2 saturated heterocycles. The fraction of sp³-hybridized carbons (Fsp3) is 0.462. The molecule has 3 aliphatic heterocycles. The molecule has 1 unspecified atom stereocenters. The number of fused-ring (bicyclic) bond motifs is 3. The second-order valence-corrected chi connectivity index (χ2v) is 9.57. The number of methoxy groups -OCH3 is 1. The van der Waals surface area contributed by atoms with E-state index in [2.05, 4.69) is 0 Å². The zero-order valence-corrected chi connectivity index (χ0v) is 20.1. The van der Waals surface area contributed by atoms with Crippen LogP contribution < -0.4 is 4.90 Å². The number of hydrogen-bond donors (Lipinski definition) is 0. The Morgan fingerprint density at radius 2 is 1.83 bits per heavy atom. The maximum absolute atomic E-state index is 13.4. The third kappa shape index (κ3) is 3.79. The van der Waals surface area contributed by atoms with E-state index in [1.807, 2.05) is 40.8 Å². The van der Waals surface area contributed by atoms with Gasteiger partial charge in [0.2, 0.25) is 11.8 Å². The molecule has 0 spiro atoms. The largest absolute Gasteiger partial charge is 0.464 e. The average molecular weight is 479 g/mol. The highest BCUT2D eigenvalue weighted by Crippen LogP contribution is 2.44. The maximum Gasteiger partial charge on any atom is 0.354 e. The summed E-state index contributed by atoms with van der Waals surface area (Å²) in [4.78, 5) is 56.5. The molecule has 1 aromatic heterocycles. The lowest BCUT2D eigenvalue weighted by Gasteiger charge is -2.48. The molecule has 0 bridgehead atoms. The fourth-order valence-electron chi connectivity index (χ4n) is 5.79. The van der Waals surface area contributed by atoms with Gasteiger partial charge in [0, 0.05) is 44.7 Å². The Morgan fingerprint density at radius 1 is 1.09 bits per heavy atom. The van der Waals surface area contributed by atoms with E-state index in [9.17, 15) is 19.2 Å². The Bertz CT molecular complexity index is 1180. The smallest absolute Gasteiger partial charge is 0.354 e. The molecule has 5 rings (SSSR count). The Hall–Kier alpha value is -3.62. The van der Waals surface area contributed by atoms with Crippen molar-refractivity contribution >= 4 is 29.4 Å². The van der Waals surface area contributed by atoms with Crippen LogP contribution in [0.3, 0.4) is 0 Å². The van der Waals surface area contributed by atoms with Crippen molar-refractivity contribution in [3.05, 3.63) is 53.9 Å². The number of likely N-dealkylation sites (tertiary alicyclic amines) is 1. The van der Waals surface area contributed by atoms with Gasteiger partial charge in [-0.05, 0) is 50.5 Å². The van der Waals surface area contributed by atoms with Gasteiger partial charge < -0.3 is 19.1 Å². The first-order chi connectivity index (χ1) is 16.8. The van der Waals surface area contributed by atoms with Gasteiger partial charge in [0.25, 0.3) is 5.91 Å². The number of hydrogen-bond acceptors (Lipinski definition) is 5. The number of ether oxygens (including phenoxy) is 1. The Balaban J connectivity index is 1.24. The number of nitrogens with zero attached hydrogens (tertiary/aromatic N) is 4. The number of carbonyl (C=O) groups excluding carboxylic acids is 4. The predicted molar refractivity (Wildman–Crippen MR) is 128 cm³/mol. The monoisotopic (exact) mass is 478 g/mol. The Kier molecular flexibility index (Phi) is 5.86. The van der Waals surface area contributed by atoms with E-state index in [-0.39, 0.29) is 42.7 Å². The molecule has 3 amide bonds. The number of aromatic nitrogens is 1. The van der Waals surface area contributed by atoms with Gasteiger partial charge in [-0.1, -0.05) is 12.1 Å². The molecule has 0 aliphatic carbocycles. The highest BCUT2D eigenvalue weighted by Gasteiger charge is 2.52. The summed E-state index contributed by atoms with van der Waals surface area (Å²) in [6.45, 7) is 3.34. The number of esters is 1. The quantitative estimate of drug-likeness (QED) is 0.617. The zero-order valence-electron chi connectivity index (χ0n) is 20.1. The molecule has 0 saturated carbocycles. The van der Waals surface area contributed by atoms with Crippen molar-refractivity contribution in [2.75, 3.05) is 31.6 Å². The van der Waals surface area contributed by atoms with Crippen molar-refractivity contribution in [1.82, 2.24) is 14.4 Å². The van der Waals surface area contributed by atoms with Crippen molar-refractivity contribution in [2.24, 2.45) is 0 Å². The van der Waals surface area contributed by atoms with Gasteiger partial charge in [0.05, 0.1) is 18.4 Å². The first-order valence-corrected chi connectivity index (χ1v) is 12.1. The van der Waals surface area contributed by atoms with E-state index in [4.69, 9.17) is 4.74 Å². The van der Waals surface area contributed by atoms with Crippen LogP contribution in [0.2, 0.25) is 0 Å². The summed E-state index contributed by atoms with van der Waals surface area (Å²) in [6.07, 6.45) is 4.48. The van der Waals surface area contributed by atoms with Crippen molar-refractivity contribution in [3.8, 4) is 0 Å². The summed E-state index contributed by atoms with van der Waals surface area (Å²) in [5.41, 5.74) is 0.921. The summed E-state index contributed by atoms with van der Waals surface area (Å²) in [7, 11) is 1.37. The SMILES string of the molecule is COC(=O)c1cccn1C1CCN(C(=O)CCN2C(=O)c3ccccc3N3C(=O)CCC23C)CC1. The topological polar surface area (TPSA) is 92.2 Å². The predicted octanol–water partition coefficient (Wildman–Crippen LogP) is 2.83. The molecular weight excluding hydrogens is 448 g/mol. The maximum atomic E-state index is 13.4. The summed E-state index contributed by atoms with van der Waals surface area (Å²) in [6, 6.07) is 10.9. The van der Waals surface area contributed by atoms with E-state index in [1.165, 1.54) is 7.11 Å². The van der Waals surface area contributed by atoms with E-state index in [0.717, 1.165) is 12.8 Å². The van der Waals surface area contributed by atoms with Crippen LogP contribution in [0.25, 0.3) is 0 Å². The Morgan fingerprint density at radius 3 is 2.57 bits per heavy atom. The number of amides is 3. The number of rotatable bonds is 5. The minimum absolute atomic E-state index is 0.00202. The normalized spacial score (nSPS) is 22.3. The summed E-state index contributed by atoms with van der Waals surface area (Å²) in [5, 5.41) is 0. The molecule has 4 heterocycles. The van der Waals surface area contributed by atoms with Crippen LogP contribution in [0.4, 0.5) is 5.69 Å². The van der Waals surface area contributed by atoms with Crippen LogP contribution in [0, 0.1) is 0 Å². The van der Waals surface area contributed by atoms with E-state index in [0.29, 0.717) is 42.9 Å². The van der Waals surface area contributed by atoms with Gasteiger partial charge in [-0.3, -0.25) is 19.3 Å². The van der Waals surface area contributed by atoms with Gasteiger partial charge >= 0.3 is 5.97 Å². The summed E-state index contributed by atoms with van der Waals surface area (Å²) in [5.74, 6) is -0.504. The Labute approximate surface area is 204 Å². The van der Waals surface area contributed by atoms with Gasteiger partial charge in [-0.15, -0.1) is 0 Å². The molecule has 9 heteroatoms. The van der Waals surface area contributed by atoms with E-state index >= 15 is 0 Å². The minimum Gasteiger partial charge on any atom is -0.464 e. The molecule has 1 atom stereocenters. The number of piperidine rings is 1. The van der Waals surface area contributed by atoms with Crippen LogP contribution in [-0.2, 0) is 14.3 Å². The van der Waals surface area contributed by atoms with Crippen LogP contribution in [0.15, 0.2) is 42.6 Å². The van der Waals surface area contributed by atoms with Crippen LogP contribution >= 0.6 is 0 Å². The third-order valence-corrected chi connectivity index (χ3v) is 7.68. The van der Waals surface area contributed by atoms with Crippen LogP contribution in [-0.4, -0.2) is 70.5 Å². The molecule has 2 fully saturated rings. The number of benzene rings is 1. The van der Waals surface area contributed by atoms with Gasteiger partial charge in [0.1, 0.15) is 11.4 Å². The molecule has 9 nitrogen and oxygen atoms in total. The number of carbonyl (C=O) groups is 4. The molecule has 3 aliphatic rings. The molecule has 0 N–H and O–H groups in total. The van der Waals surface area contributed by atoms with Crippen molar-refractivity contribution < 1.29 is 23.9 Å².